The lowest BCUT2D eigenvalue weighted by atomic mass is 9.85. The second-order valence-electron chi connectivity index (χ2n) is 5.68. The van der Waals surface area contributed by atoms with Gasteiger partial charge in [0.1, 0.15) is 5.60 Å². The average Bonchev–Trinajstić information content (AvgIpc) is 2.61. The molecule has 1 saturated heterocycles. The van der Waals surface area contributed by atoms with Gasteiger partial charge in [-0.15, -0.1) is 0 Å². The predicted molar refractivity (Wildman–Crippen MR) is 72.1 cm³/mol. The van der Waals surface area contributed by atoms with Crippen molar-refractivity contribution < 1.29 is 5.11 Å². The van der Waals surface area contributed by atoms with Crippen molar-refractivity contribution in [3.05, 3.63) is 35.4 Å². The van der Waals surface area contributed by atoms with Crippen LogP contribution in [0.5, 0.6) is 0 Å². The van der Waals surface area contributed by atoms with Gasteiger partial charge >= 0.3 is 0 Å². The third-order valence-electron chi connectivity index (χ3n) is 4.49. The van der Waals surface area contributed by atoms with Crippen LogP contribution in [-0.4, -0.2) is 17.7 Å². The minimum Gasteiger partial charge on any atom is -0.383 e. The summed E-state index contributed by atoms with van der Waals surface area (Å²) in [5.41, 5.74) is 7.56. The number of aliphatic hydroxyl groups is 1. The molecule has 2 aliphatic rings. The van der Waals surface area contributed by atoms with Crippen LogP contribution in [0.4, 0.5) is 0 Å². The minimum absolute atomic E-state index is 0.0312. The monoisotopic (exact) mass is 246 g/mol. The van der Waals surface area contributed by atoms with Gasteiger partial charge in [0.15, 0.2) is 0 Å². The van der Waals surface area contributed by atoms with Crippen LogP contribution in [0.1, 0.15) is 49.3 Å². The van der Waals surface area contributed by atoms with Crippen LogP contribution in [0.25, 0.3) is 0 Å². The molecule has 0 aromatic heterocycles. The first kappa shape index (κ1) is 12.2. The molecule has 1 aromatic rings. The number of nitrogens with one attached hydrogen (secondary N) is 1. The van der Waals surface area contributed by atoms with Crippen LogP contribution < -0.4 is 11.1 Å². The zero-order chi connectivity index (χ0) is 12.6. The molecule has 0 spiro atoms. The van der Waals surface area contributed by atoms with Crippen molar-refractivity contribution in [1.29, 1.82) is 0 Å². The molecule has 0 bridgehead atoms. The number of rotatable bonds is 1. The largest absolute Gasteiger partial charge is 0.383 e. The zero-order valence-electron chi connectivity index (χ0n) is 10.7. The summed E-state index contributed by atoms with van der Waals surface area (Å²) in [6.07, 6.45) is 5.34. The van der Waals surface area contributed by atoms with Crippen LogP contribution in [0.15, 0.2) is 24.3 Å². The normalized spacial score (nSPS) is 36.1. The first-order valence-corrected chi connectivity index (χ1v) is 7.02. The molecule has 1 aliphatic carbocycles. The van der Waals surface area contributed by atoms with E-state index in [1.165, 1.54) is 19.3 Å². The summed E-state index contributed by atoms with van der Waals surface area (Å²) < 4.78 is 0. The highest BCUT2D eigenvalue weighted by Crippen LogP contribution is 2.45. The van der Waals surface area contributed by atoms with Gasteiger partial charge in [-0.1, -0.05) is 37.1 Å². The van der Waals surface area contributed by atoms with Gasteiger partial charge in [-0.3, -0.25) is 0 Å². The Balaban J connectivity index is 1.95. The number of hydrogen-bond acceptors (Lipinski definition) is 3. The molecule has 3 atom stereocenters. The molecule has 98 valence electrons. The van der Waals surface area contributed by atoms with Gasteiger partial charge in [-0.2, -0.15) is 0 Å². The van der Waals surface area contributed by atoms with Gasteiger partial charge in [0, 0.05) is 18.5 Å². The summed E-state index contributed by atoms with van der Waals surface area (Å²) >= 11 is 0. The standard InChI is InChI=1S/C15H22N2O/c16-13-10-15(18,12-7-4-3-6-11(12)13)14-8-2-1-5-9-17-14/h3-4,6-7,13-14,17-18H,1-2,5,8-10,16H2. The summed E-state index contributed by atoms with van der Waals surface area (Å²) in [5.74, 6) is 0. The molecule has 18 heavy (non-hydrogen) atoms. The molecule has 3 unspecified atom stereocenters. The summed E-state index contributed by atoms with van der Waals surface area (Å²) in [6.45, 7) is 1.00. The fourth-order valence-electron chi connectivity index (χ4n) is 3.54. The number of fused-ring (bicyclic) bond motifs is 1. The van der Waals surface area contributed by atoms with Crippen LogP contribution >= 0.6 is 0 Å². The minimum atomic E-state index is -0.777. The quantitative estimate of drug-likeness (QED) is 0.708. The lowest BCUT2D eigenvalue weighted by Crippen LogP contribution is -2.47. The van der Waals surface area contributed by atoms with Crippen LogP contribution in [0.3, 0.4) is 0 Å². The molecule has 0 amide bonds. The van der Waals surface area contributed by atoms with Gasteiger partial charge in [-0.25, -0.2) is 0 Å². The molecule has 3 heteroatoms. The Labute approximate surface area is 108 Å². The Morgan fingerprint density at radius 3 is 2.94 bits per heavy atom. The number of benzene rings is 1. The Bertz CT molecular complexity index is 426. The Morgan fingerprint density at radius 2 is 2.06 bits per heavy atom. The summed E-state index contributed by atoms with van der Waals surface area (Å²) in [4.78, 5) is 0. The highest BCUT2D eigenvalue weighted by Gasteiger charge is 2.46. The summed E-state index contributed by atoms with van der Waals surface area (Å²) in [6, 6.07) is 8.21. The molecule has 1 aromatic carbocycles. The second kappa shape index (κ2) is 4.65. The van der Waals surface area contributed by atoms with Crippen molar-refractivity contribution in [3.63, 3.8) is 0 Å². The van der Waals surface area contributed by atoms with Gasteiger partial charge in [0.05, 0.1) is 0 Å². The van der Waals surface area contributed by atoms with E-state index in [2.05, 4.69) is 11.4 Å². The lowest BCUT2D eigenvalue weighted by molar-refractivity contribution is -0.00716. The maximum Gasteiger partial charge on any atom is 0.107 e. The molecule has 0 radical (unpaired) electrons. The Hall–Kier alpha value is -0.900. The van der Waals surface area contributed by atoms with Crippen molar-refractivity contribution in [1.82, 2.24) is 5.32 Å². The zero-order valence-corrected chi connectivity index (χ0v) is 10.7. The third-order valence-corrected chi connectivity index (χ3v) is 4.49. The number of nitrogens with two attached hydrogens (primary N) is 1. The smallest absolute Gasteiger partial charge is 0.107 e. The van der Waals surface area contributed by atoms with E-state index in [9.17, 15) is 5.11 Å². The van der Waals surface area contributed by atoms with E-state index >= 15 is 0 Å². The molecule has 1 aliphatic heterocycles. The molecule has 1 fully saturated rings. The highest BCUT2D eigenvalue weighted by molar-refractivity contribution is 5.41. The molecule has 3 rings (SSSR count). The predicted octanol–water partition coefficient (Wildman–Crippen LogP) is 1.81. The van der Waals surface area contributed by atoms with Gasteiger partial charge in [0.2, 0.25) is 0 Å². The first-order chi connectivity index (χ1) is 8.72. The fourth-order valence-corrected chi connectivity index (χ4v) is 3.54. The second-order valence-corrected chi connectivity index (χ2v) is 5.68. The topological polar surface area (TPSA) is 58.3 Å². The molecule has 1 heterocycles. The summed E-state index contributed by atoms with van der Waals surface area (Å²) in [7, 11) is 0. The van der Waals surface area contributed by atoms with Crippen LogP contribution in [0.2, 0.25) is 0 Å². The lowest BCUT2D eigenvalue weighted by Gasteiger charge is -2.34. The maximum atomic E-state index is 11.1. The van der Waals surface area contributed by atoms with Crippen molar-refractivity contribution in [2.75, 3.05) is 6.54 Å². The van der Waals surface area contributed by atoms with E-state index in [4.69, 9.17) is 5.73 Å². The van der Waals surface area contributed by atoms with E-state index in [-0.39, 0.29) is 12.1 Å². The van der Waals surface area contributed by atoms with Crippen molar-refractivity contribution in [2.24, 2.45) is 5.73 Å². The van der Waals surface area contributed by atoms with Crippen LogP contribution in [0, 0.1) is 0 Å². The maximum absolute atomic E-state index is 11.1. The van der Waals surface area contributed by atoms with Crippen LogP contribution in [-0.2, 0) is 5.60 Å². The van der Waals surface area contributed by atoms with Crippen molar-refractivity contribution in [2.45, 2.75) is 49.8 Å². The summed E-state index contributed by atoms with van der Waals surface area (Å²) in [5, 5.41) is 14.6. The van der Waals surface area contributed by atoms with E-state index in [0.717, 1.165) is 24.1 Å². The highest BCUT2D eigenvalue weighted by atomic mass is 16.3. The third kappa shape index (κ3) is 1.87. The molecule has 0 saturated carbocycles. The Kier molecular flexibility index (Phi) is 3.14. The van der Waals surface area contributed by atoms with E-state index in [1.807, 2.05) is 18.2 Å². The average molecular weight is 246 g/mol. The van der Waals surface area contributed by atoms with Crippen molar-refractivity contribution in [3.8, 4) is 0 Å². The Morgan fingerprint density at radius 1 is 1.22 bits per heavy atom. The first-order valence-electron chi connectivity index (χ1n) is 7.02. The van der Waals surface area contributed by atoms with E-state index in [0.29, 0.717) is 6.42 Å². The van der Waals surface area contributed by atoms with Crippen molar-refractivity contribution >= 4 is 0 Å². The molecular weight excluding hydrogens is 224 g/mol. The van der Waals surface area contributed by atoms with Gasteiger partial charge < -0.3 is 16.2 Å². The molecular formula is C15H22N2O. The van der Waals surface area contributed by atoms with Gasteiger partial charge in [-0.05, 0) is 30.5 Å². The number of hydrogen-bond donors (Lipinski definition) is 3. The fraction of sp³-hybridized carbons (Fsp3) is 0.600. The van der Waals surface area contributed by atoms with E-state index < -0.39 is 5.60 Å². The molecule has 4 N–H and O–H groups in total. The van der Waals surface area contributed by atoms with Gasteiger partial charge in [0.25, 0.3) is 0 Å². The molecule has 3 nitrogen and oxygen atoms in total. The SMILES string of the molecule is NC1CC(O)(C2CCCCCN2)c2ccccc21. The van der Waals surface area contributed by atoms with E-state index in [1.54, 1.807) is 0 Å².